The molecule has 78 valence electrons. The lowest BCUT2D eigenvalue weighted by atomic mass is 9.86. The molecule has 14 heavy (non-hydrogen) atoms. The second kappa shape index (κ2) is 3.90. The molecule has 3 nitrogen and oxygen atoms in total. The summed E-state index contributed by atoms with van der Waals surface area (Å²) in [5.41, 5.74) is -0.383. The minimum atomic E-state index is -1.15. The molecule has 0 aromatic carbocycles. The number of nitrogens with one attached hydrogen (secondary N) is 1. The molecular formula is C9H14FN3S. The van der Waals surface area contributed by atoms with E-state index in [-0.39, 0.29) is 5.92 Å². The highest BCUT2D eigenvalue weighted by Crippen LogP contribution is 2.30. The highest BCUT2D eigenvalue weighted by molar-refractivity contribution is 7.03. The molecule has 0 spiro atoms. The van der Waals surface area contributed by atoms with Crippen LogP contribution in [0.25, 0.3) is 0 Å². The van der Waals surface area contributed by atoms with Crippen molar-refractivity contribution in [2.75, 3.05) is 13.1 Å². The van der Waals surface area contributed by atoms with Crippen molar-refractivity contribution in [3.8, 4) is 0 Å². The lowest BCUT2D eigenvalue weighted by Gasteiger charge is -2.25. The summed E-state index contributed by atoms with van der Waals surface area (Å²) in [6.45, 7) is 3.38. The van der Waals surface area contributed by atoms with Crippen LogP contribution in [-0.4, -0.2) is 28.3 Å². The molecule has 1 N–H and O–H groups in total. The van der Waals surface area contributed by atoms with Crippen molar-refractivity contribution in [1.29, 1.82) is 0 Å². The van der Waals surface area contributed by atoms with Gasteiger partial charge in [-0.1, -0.05) is 4.49 Å². The Bertz CT molecular complexity index is 280. The van der Waals surface area contributed by atoms with Crippen molar-refractivity contribution in [2.24, 2.45) is 5.92 Å². The molecule has 2 heterocycles. The van der Waals surface area contributed by atoms with E-state index in [9.17, 15) is 4.39 Å². The number of nitrogens with zero attached hydrogens (tertiary/aromatic N) is 2. The third-order valence-corrected chi connectivity index (χ3v) is 3.40. The molecule has 5 heteroatoms. The molecule has 0 bridgehead atoms. The Morgan fingerprint density at radius 1 is 1.79 bits per heavy atom. The summed E-state index contributed by atoms with van der Waals surface area (Å²) < 4.78 is 18.0. The summed E-state index contributed by atoms with van der Waals surface area (Å²) in [7, 11) is 0. The van der Waals surface area contributed by atoms with E-state index in [1.807, 2.05) is 5.38 Å². The van der Waals surface area contributed by atoms with Gasteiger partial charge in [0.1, 0.15) is 5.67 Å². The van der Waals surface area contributed by atoms with E-state index in [2.05, 4.69) is 14.9 Å². The predicted molar refractivity (Wildman–Crippen MR) is 54.1 cm³/mol. The zero-order valence-corrected chi connectivity index (χ0v) is 8.98. The third-order valence-electron chi connectivity index (χ3n) is 2.84. The first kappa shape index (κ1) is 9.98. The van der Waals surface area contributed by atoms with E-state index in [0.29, 0.717) is 6.42 Å². The van der Waals surface area contributed by atoms with Crippen LogP contribution in [0.15, 0.2) is 5.38 Å². The summed E-state index contributed by atoms with van der Waals surface area (Å²) in [5, 5.41) is 8.89. The minimum absolute atomic E-state index is 0.115. The van der Waals surface area contributed by atoms with Crippen LogP contribution in [0.3, 0.4) is 0 Å². The summed E-state index contributed by atoms with van der Waals surface area (Å²) in [6.07, 6.45) is 1.31. The van der Waals surface area contributed by atoms with E-state index in [0.717, 1.165) is 25.2 Å². The molecular weight excluding hydrogens is 201 g/mol. The maximum Gasteiger partial charge on any atom is 0.118 e. The highest BCUT2D eigenvalue weighted by atomic mass is 32.1. The molecule has 2 rings (SSSR count). The Hall–Kier alpha value is -0.550. The summed E-state index contributed by atoms with van der Waals surface area (Å²) in [4.78, 5) is 0. The zero-order valence-electron chi connectivity index (χ0n) is 8.16. The zero-order chi connectivity index (χ0) is 10.0. The smallest absolute Gasteiger partial charge is 0.118 e. The quantitative estimate of drug-likeness (QED) is 0.828. The first-order valence-electron chi connectivity index (χ1n) is 4.84. The average molecular weight is 215 g/mol. The molecule has 1 aliphatic rings. The van der Waals surface area contributed by atoms with E-state index in [1.54, 1.807) is 6.92 Å². The van der Waals surface area contributed by atoms with Crippen LogP contribution in [0.1, 0.15) is 19.0 Å². The Morgan fingerprint density at radius 2 is 2.64 bits per heavy atom. The fourth-order valence-corrected chi connectivity index (χ4v) is 2.38. The van der Waals surface area contributed by atoms with Gasteiger partial charge >= 0.3 is 0 Å². The van der Waals surface area contributed by atoms with Crippen LogP contribution in [0.2, 0.25) is 0 Å². The van der Waals surface area contributed by atoms with Gasteiger partial charge < -0.3 is 5.32 Å². The average Bonchev–Trinajstić information content (AvgIpc) is 2.71. The fourth-order valence-electron chi connectivity index (χ4n) is 1.93. The second-order valence-electron chi connectivity index (χ2n) is 4.04. The molecule has 1 aromatic heterocycles. The number of rotatable bonds is 3. The van der Waals surface area contributed by atoms with Crippen molar-refractivity contribution in [2.45, 2.75) is 25.4 Å². The van der Waals surface area contributed by atoms with Crippen molar-refractivity contribution >= 4 is 11.5 Å². The molecule has 1 aliphatic heterocycles. The van der Waals surface area contributed by atoms with Gasteiger partial charge in [-0.05, 0) is 31.4 Å². The largest absolute Gasteiger partial charge is 0.316 e. The predicted octanol–water partition coefficient (Wildman–Crippen LogP) is 1.42. The Kier molecular flexibility index (Phi) is 2.78. The first-order valence-corrected chi connectivity index (χ1v) is 5.68. The fraction of sp³-hybridized carbons (Fsp3) is 0.778. The molecule has 0 amide bonds. The Morgan fingerprint density at radius 3 is 3.21 bits per heavy atom. The molecule has 0 saturated carbocycles. The molecule has 0 radical (unpaired) electrons. The summed E-state index contributed by atoms with van der Waals surface area (Å²) in [6, 6.07) is 0. The lowest BCUT2D eigenvalue weighted by molar-refractivity contribution is 0.112. The number of hydrogen-bond acceptors (Lipinski definition) is 4. The molecule has 2 atom stereocenters. The van der Waals surface area contributed by atoms with Crippen LogP contribution in [-0.2, 0) is 6.42 Å². The molecule has 2 unspecified atom stereocenters. The van der Waals surface area contributed by atoms with Gasteiger partial charge in [-0.15, -0.1) is 5.10 Å². The normalized spacial score (nSPS) is 26.3. The van der Waals surface area contributed by atoms with Gasteiger partial charge in [0.15, 0.2) is 0 Å². The number of alkyl halides is 1. The number of halogens is 1. The van der Waals surface area contributed by atoms with Crippen molar-refractivity contribution in [3.63, 3.8) is 0 Å². The van der Waals surface area contributed by atoms with Crippen LogP contribution >= 0.6 is 11.5 Å². The number of aromatic nitrogens is 2. The maximum absolute atomic E-state index is 14.3. The van der Waals surface area contributed by atoms with Gasteiger partial charge in [0.05, 0.1) is 5.69 Å². The van der Waals surface area contributed by atoms with Gasteiger partial charge in [0, 0.05) is 24.3 Å². The molecule has 0 aliphatic carbocycles. The monoisotopic (exact) mass is 215 g/mol. The van der Waals surface area contributed by atoms with Gasteiger partial charge in [-0.25, -0.2) is 4.39 Å². The summed E-state index contributed by atoms with van der Waals surface area (Å²) in [5.74, 6) is 0.115. The third kappa shape index (κ3) is 2.09. The van der Waals surface area contributed by atoms with Gasteiger partial charge in [-0.3, -0.25) is 0 Å². The molecule has 1 fully saturated rings. The van der Waals surface area contributed by atoms with Crippen LogP contribution < -0.4 is 5.32 Å². The second-order valence-corrected chi connectivity index (χ2v) is 4.65. The lowest BCUT2D eigenvalue weighted by Crippen LogP contribution is -2.33. The van der Waals surface area contributed by atoms with E-state index in [1.165, 1.54) is 11.5 Å². The summed E-state index contributed by atoms with van der Waals surface area (Å²) >= 11 is 1.28. The molecule has 1 saturated heterocycles. The SMILES string of the molecule is CC(F)(Cc1csnn1)C1CCNC1. The van der Waals surface area contributed by atoms with Gasteiger partial charge in [0.2, 0.25) is 0 Å². The Balaban J connectivity index is 2.00. The molecule has 1 aromatic rings. The first-order chi connectivity index (χ1) is 6.68. The van der Waals surface area contributed by atoms with E-state index >= 15 is 0 Å². The van der Waals surface area contributed by atoms with Crippen LogP contribution in [0.4, 0.5) is 4.39 Å². The highest BCUT2D eigenvalue weighted by Gasteiger charge is 2.36. The standard InChI is InChI=1S/C9H14FN3S/c1-9(10,7-2-3-11-5-7)4-8-6-14-13-12-8/h6-7,11H,2-5H2,1H3. The minimum Gasteiger partial charge on any atom is -0.316 e. The van der Waals surface area contributed by atoms with E-state index in [4.69, 9.17) is 0 Å². The topological polar surface area (TPSA) is 37.8 Å². The van der Waals surface area contributed by atoms with Gasteiger partial charge in [-0.2, -0.15) is 0 Å². The van der Waals surface area contributed by atoms with Crippen molar-refractivity contribution in [1.82, 2.24) is 14.9 Å². The number of hydrogen-bond donors (Lipinski definition) is 1. The maximum atomic E-state index is 14.3. The van der Waals surface area contributed by atoms with E-state index < -0.39 is 5.67 Å². The van der Waals surface area contributed by atoms with Crippen molar-refractivity contribution < 1.29 is 4.39 Å². The van der Waals surface area contributed by atoms with Gasteiger partial charge in [0.25, 0.3) is 0 Å². The van der Waals surface area contributed by atoms with Crippen molar-refractivity contribution in [3.05, 3.63) is 11.1 Å². The van der Waals surface area contributed by atoms with Crippen LogP contribution in [0.5, 0.6) is 0 Å². The van der Waals surface area contributed by atoms with Crippen LogP contribution in [0, 0.1) is 5.92 Å². The Labute approximate surface area is 86.9 Å².